The molecule has 0 amide bonds. The van der Waals surface area contributed by atoms with Crippen LogP contribution in [-0.4, -0.2) is 22.4 Å². The van der Waals surface area contributed by atoms with E-state index in [4.69, 9.17) is 0 Å². The Hall–Kier alpha value is -0.830. The van der Waals surface area contributed by atoms with Crippen LogP contribution in [0.3, 0.4) is 0 Å². The van der Waals surface area contributed by atoms with E-state index in [0.717, 1.165) is 13.0 Å². The highest BCUT2D eigenvalue weighted by Gasteiger charge is 2.18. The summed E-state index contributed by atoms with van der Waals surface area (Å²) in [5, 5.41) is 7.78. The number of aryl methyl sites for hydroxylation is 1. The van der Waals surface area contributed by atoms with Crippen LogP contribution in [0.25, 0.3) is 0 Å². The molecule has 1 N–H and O–H groups in total. The Morgan fingerprint density at radius 1 is 1.44 bits per heavy atom. The molecule has 1 rings (SSSR count). The zero-order valence-corrected chi connectivity index (χ0v) is 11.2. The van der Waals surface area contributed by atoms with Crippen LogP contribution >= 0.6 is 0 Å². The Labute approximate surface area is 99.2 Å². The average Bonchev–Trinajstić information content (AvgIpc) is 2.48. The fourth-order valence-corrected chi connectivity index (χ4v) is 2.11. The third-order valence-electron chi connectivity index (χ3n) is 2.59. The lowest BCUT2D eigenvalue weighted by molar-refractivity contribution is 0.309. The molecule has 0 aliphatic carbocycles. The van der Waals surface area contributed by atoms with Gasteiger partial charge in [0.1, 0.15) is 0 Å². The molecule has 0 saturated carbocycles. The minimum absolute atomic E-state index is 0.370. The van der Waals surface area contributed by atoms with E-state index in [1.807, 2.05) is 17.9 Å². The maximum absolute atomic E-state index is 4.22. The van der Waals surface area contributed by atoms with Crippen molar-refractivity contribution in [1.82, 2.24) is 15.1 Å². The van der Waals surface area contributed by atoms with E-state index < -0.39 is 0 Å². The molecule has 0 radical (unpaired) electrons. The lowest BCUT2D eigenvalue weighted by atomic mass is 9.86. The lowest BCUT2D eigenvalue weighted by Crippen LogP contribution is -2.34. The van der Waals surface area contributed by atoms with Gasteiger partial charge in [0.05, 0.1) is 6.20 Å². The molecule has 0 spiro atoms. The van der Waals surface area contributed by atoms with Crippen molar-refractivity contribution in [2.45, 2.75) is 46.6 Å². The molecule has 16 heavy (non-hydrogen) atoms. The van der Waals surface area contributed by atoms with Crippen molar-refractivity contribution in [2.75, 3.05) is 6.54 Å². The molecular formula is C13H25N3. The van der Waals surface area contributed by atoms with Crippen LogP contribution in [-0.2, 0) is 13.5 Å². The first-order valence-electron chi connectivity index (χ1n) is 6.11. The molecule has 1 unspecified atom stereocenters. The molecule has 0 aliphatic rings. The maximum Gasteiger partial charge on any atom is 0.0522 e. The van der Waals surface area contributed by atoms with Crippen LogP contribution in [0.1, 0.15) is 39.7 Å². The van der Waals surface area contributed by atoms with Gasteiger partial charge in [-0.05, 0) is 30.4 Å². The Morgan fingerprint density at radius 2 is 2.12 bits per heavy atom. The second-order valence-corrected chi connectivity index (χ2v) is 5.75. The van der Waals surface area contributed by atoms with Crippen molar-refractivity contribution < 1.29 is 0 Å². The molecule has 1 aromatic rings. The van der Waals surface area contributed by atoms with Gasteiger partial charge in [0.2, 0.25) is 0 Å². The quantitative estimate of drug-likeness (QED) is 0.830. The van der Waals surface area contributed by atoms with Crippen LogP contribution in [0.2, 0.25) is 0 Å². The lowest BCUT2D eigenvalue weighted by Gasteiger charge is -2.26. The number of likely N-dealkylation sites (N-methyl/N-ethyl adjacent to an activating group) is 1. The fourth-order valence-electron chi connectivity index (χ4n) is 2.11. The monoisotopic (exact) mass is 223 g/mol. The van der Waals surface area contributed by atoms with Gasteiger partial charge in [-0.15, -0.1) is 0 Å². The normalized spacial score (nSPS) is 14.1. The number of nitrogens with one attached hydrogen (secondary N) is 1. The molecule has 0 aromatic carbocycles. The first kappa shape index (κ1) is 13.2. The fraction of sp³-hybridized carbons (Fsp3) is 0.769. The summed E-state index contributed by atoms with van der Waals surface area (Å²) in [4.78, 5) is 0. The van der Waals surface area contributed by atoms with Gasteiger partial charge in [-0.3, -0.25) is 4.68 Å². The minimum Gasteiger partial charge on any atom is -0.314 e. The maximum atomic E-state index is 4.22. The van der Waals surface area contributed by atoms with Crippen molar-refractivity contribution in [2.24, 2.45) is 12.5 Å². The summed E-state index contributed by atoms with van der Waals surface area (Å²) in [5.74, 6) is 0. The SMILES string of the molecule is CCNC(Cc1cnn(C)c1)CC(C)(C)C. The van der Waals surface area contributed by atoms with Gasteiger partial charge < -0.3 is 5.32 Å². The summed E-state index contributed by atoms with van der Waals surface area (Å²) in [5.41, 5.74) is 1.69. The number of hydrogen-bond acceptors (Lipinski definition) is 2. The smallest absolute Gasteiger partial charge is 0.0522 e. The van der Waals surface area contributed by atoms with E-state index in [0.29, 0.717) is 11.5 Å². The summed E-state index contributed by atoms with van der Waals surface area (Å²) < 4.78 is 1.87. The first-order chi connectivity index (χ1) is 7.40. The predicted molar refractivity (Wildman–Crippen MR) is 68.4 cm³/mol. The molecule has 1 atom stereocenters. The standard InChI is InChI=1S/C13H25N3/c1-6-14-12(8-13(2,3)4)7-11-9-15-16(5)10-11/h9-10,12,14H,6-8H2,1-5H3. The van der Waals surface area contributed by atoms with E-state index in [1.165, 1.54) is 12.0 Å². The second-order valence-electron chi connectivity index (χ2n) is 5.75. The zero-order valence-electron chi connectivity index (χ0n) is 11.2. The van der Waals surface area contributed by atoms with Crippen molar-refractivity contribution in [1.29, 1.82) is 0 Å². The van der Waals surface area contributed by atoms with Crippen molar-refractivity contribution in [3.8, 4) is 0 Å². The molecule has 3 nitrogen and oxygen atoms in total. The predicted octanol–water partition coefficient (Wildman–Crippen LogP) is 2.38. The summed E-state index contributed by atoms with van der Waals surface area (Å²) in [7, 11) is 1.97. The van der Waals surface area contributed by atoms with Crippen LogP contribution in [0, 0.1) is 5.41 Å². The molecule has 1 heterocycles. The molecule has 0 aliphatic heterocycles. The highest BCUT2D eigenvalue weighted by molar-refractivity contribution is 5.06. The van der Waals surface area contributed by atoms with E-state index in [2.05, 4.69) is 44.3 Å². The molecule has 1 aromatic heterocycles. The molecular weight excluding hydrogens is 198 g/mol. The van der Waals surface area contributed by atoms with E-state index in [9.17, 15) is 0 Å². The van der Waals surface area contributed by atoms with Crippen LogP contribution in [0.5, 0.6) is 0 Å². The number of nitrogens with zero attached hydrogens (tertiary/aromatic N) is 2. The molecule has 3 heteroatoms. The van der Waals surface area contributed by atoms with Crippen LogP contribution in [0.4, 0.5) is 0 Å². The largest absolute Gasteiger partial charge is 0.314 e. The topological polar surface area (TPSA) is 29.9 Å². The van der Waals surface area contributed by atoms with Crippen molar-refractivity contribution >= 4 is 0 Å². The Balaban J connectivity index is 2.57. The third-order valence-corrected chi connectivity index (χ3v) is 2.59. The van der Waals surface area contributed by atoms with Crippen LogP contribution < -0.4 is 5.32 Å². The third kappa shape index (κ3) is 4.79. The average molecular weight is 223 g/mol. The Kier molecular flexibility index (Phi) is 4.54. The van der Waals surface area contributed by atoms with Gasteiger partial charge in [0.25, 0.3) is 0 Å². The Bertz CT molecular complexity index is 309. The summed E-state index contributed by atoms with van der Waals surface area (Å²) in [6, 6.07) is 0.550. The van der Waals surface area contributed by atoms with Gasteiger partial charge >= 0.3 is 0 Å². The van der Waals surface area contributed by atoms with Gasteiger partial charge in [0, 0.05) is 19.3 Å². The van der Waals surface area contributed by atoms with E-state index in [-0.39, 0.29) is 0 Å². The van der Waals surface area contributed by atoms with Gasteiger partial charge in [-0.2, -0.15) is 5.10 Å². The number of rotatable bonds is 5. The van der Waals surface area contributed by atoms with Gasteiger partial charge in [-0.1, -0.05) is 27.7 Å². The van der Waals surface area contributed by atoms with E-state index in [1.54, 1.807) is 0 Å². The first-order valence-corrected chi connectivity index (χ1v) is 6.11. The molecule has 0 saturated heterocycles. The summed E-state index contributed by atoms with van der Waals surface area (Å²) >= 11 is 0. The molecule has 0 bridgehead atoms. The second kappa shape index (κ2) is 5.48. The molecule has 92 valence electrons. The van der Waals surface area contributed by atoms with Gasteiger partial charge in [-0.25, -0.2) is 0 Å². The Morgan fingerprint density at radius 3 is 2.56 bits per heavy atom. The number of hydrogen-bond donors (Lipinski definition) is 1. The summed E-state index contributed by atoms with van der Waals surface area (Å²) in [6.45, 7) is 10.1. The van der Waals surface area contributed by atoms with E-state index >= 15 is 0 Å². The highest BCUT2D eigenvalue weighted by atomic mass is 15.2. The van der Waals surface area contributed by atoms with Crippen molar-refractivity contribution in [3.63, 3.8) is 0 Å². The summed E-state index contributed by atoms with van der Waals surface area (Å²) in [6.07, 6.45) is 6.33. The van der Waals surface area contributed by atoms with Gasteiger partial charge in [0.15, 0.2) is 0 Å². The zero-order chi connectivity index (χ0) is 12.2. The molecule has 0 fully saturated rings. The van der Waals surface area contributed by atoms with Crippen molar-refractivity contribution in [3.05, 3.63) is 18.0 Å². The highest BCUT2D eigenvalue weighted by Crippen LogP contribution is 2.22. The number of aromatic nitrogens is 2. The minimum atomic E-state index is 0.370. The van der Waals surface area contributed by atoms with Crippen LogP contribution in [0.15, 0.2) is 12.4 Å².